The number of alkyl carbamates (subject to hydrolysis) is 1. The zero-order valence-corrected chi connectivity index (χ0v) is 19.7. The Morgan fingerprint density at radius 2 is 1.62 bits per heavy atom. The Labute approximate surface area is 200 Å². The van der Waals surface area contributed by atoms with Crippen LogP contribution in [0, 0.1) is 5.92 Å². The van der Waals surface area contributed by atoms with E-state index in [0.29, 0.717) is 0 Å². The molecule has 1 unspecified atom stereocenters. The van der Waals surface area contributed by atoms with Crippen LogP contribution in [-0.4, -0.2) is 53.2 Å². The molecule has 1 atom stereocenters. The Bertz CT molecular complexity index is 1020. The molecule has 4 rings (SSSR count). The van der Waals surface area contributed by atoms with Gasteiger partial charge in [-0.2, -0.15) is 0 Å². The predicted molar refractivity (Wildman–Crippen MR) is 128 cm³/mol. The van der Waals surface area contributed by atoms with Crippen LogP contribution in [0.15, 0.2) is 48.5 Å². The number of hydrogen-bond acceptors (Lipinski definition) is 4. The Balaban J connectivity index is 1.36. The molecule has 0 aromatic heterocycles. The third-order valence-electron chi connectivity index (χ3n) is 6.72. The Kier molecular flexibility index (Phi) is 7.20. The van der Waals surface area contributed by atoms with Gasteiger partial charge in [-0.25, -0.2) is 4.79 Å². The number of amides is 2. The maximum atomic E-state index is 12.9. The minimum atomic E-state index is -0.921. The summed E-state index contributed by atoms with van der Waals surface area (Å²) < 4.78 is 5.65. The number of aliphatic carboxylic acids is 1. The number of hydrogen-bond donors (Lipinski definition) is 2. The fraction of sp³-hybridized carbons (Fsp3) is 0.444. The molecule has 2 aromatic carbocycles. The number of carbonyl (C=O) groups is 3. The molecule has 2 N–H and O–H groups in total. The van der Waals surface area contributed by atoms with Crippen LogP contribution in [0.3, 0.4) is 0 Å². The molecule has 2 aromatic rings. The number of carbonyl (C=O) groups excluding carboxylic acids is 2. The lowest BCUT2D eigenvalue weighted by molar-refractivity contribution is -0.138. The fourth-order valence-electron chi connectivity index (χ4n) is 4.66. The van der Waals surface area contributed by atoms with Gasteiger partial charge >= 0.3 is 12.1 Å². The Morgan fingerprint density at radius 3 is 2.15 bits per heavy atom. The van der Waals surface area contributed by atoms with Gasteiger partial charge in [0.15, 0.2) is 0 Å². The van der Waals surface area contributed by atoms with Gasteiger partial charge in [-0.3, -0.25) is 9.59 Å². The van der Waals surface area contributed by atoms with E-state index in [0.717, 1.165) is 24.0 Å². The van der Waals surface area contributed by atoms with Crippen molar-refractivity contribution in [3.8, 4) is 11.1 Å². The van der Waals surface area contributed by atoms with Crippen molar-refractivity contribution in [1.29, 1.82) is 0 Å². The molecule has 34 heavy (non-hydrogen) atoms. The zero-order chi connectivity index (χ0) is 24.2. The molecule has 0 bridgehead atoms. The van der Waals surface area contributed by atoms with Crippen LogP contribution >= 0.6 is 0 Å². The smallest absolute Gasteiger partial charge is 0.407 e. The van der Waals surface area contributed by atoms with Crippen LogP contribution in [0.1, 0.15) is 56.6 Å². The summed E-state index contributed by atoms with van der Waals surface area (Å²) in [6, 6.07) is 16.1. The Hall–Kier alpha value is -3.35. The van der Waals surface area contributed by atoms with Crippen LogP contribution in [0.5, 0.6) is 0 Å². The first-order valence-corrected chi connectivity index (χ1v) is 12.0. The van der Waals surface area contributed by atoms with Gasteiger partial charge in [0.2, 0.25) is 5.91 Å². The molecule has 2 amide bonds. The number of ether oxygens (including phenoxy) is 1. The normalized spacial score (nSPS) is 15.4. The van der Waals surface area contributed by atoms with Gasteiger partial charge in [-0.05, 0) is 41.0 Å². The maximum absolute atomic E-state index is 12.9. The van der Waals surface area contributed by atoms with Crippen molar-refractivity contribution in [1.82, 2.24) is 10.2 Å². The lowest BCUT2D eigenvalue weighted by Gasteiger charge is -2.27. The summed E-state index contributed by atoms with van der Waals surface area (Å²) in [6.07, 6.45) is 1.30. The van der Waals surface area contributed by atoms with E-state index in [1.54, 1.807) is 4.90 Å². The van der Waals surface area contributed by atoms with E-state index in [4.69, 9.17) is 9.84 Å². The SMILES string of the molecule is CC(C)C(CC(=O)N(CCC(=O)O)C1CC1)NC(=O)OCC1c2ccccc2-c2ccccc21. The molecule has 1 saturated carbocycles. The van der Waals surface area contributed by atoms with Gasteiger partial charge in [0.1, 0.15) is 6.61 Å². The van der Waals surface area contributed by atoms with E-state index in [-0.39, 0.29) is 49.8 Å². The van der Waals surface area contributed by atoms with Gasteiger partial charge < -0.3 is 20.1 Å². The van der Waals surface area contributed by atoms with E-state index >= 15 is 0 Å². The molecule has 0 heterocycles. The van der Waals surface area contributed by atoms with Gasteiger partial charge in [-0.1, -0.05) is 62.4 Å². The monoisotopic (exact) mass is 464 g/mol. The first-order valence-electron chi connectivity index (χ1n) is 12.0. The van der Waals surface area contributed by atoms with Crippen molar-refractivity contribution in [2.75, 3.05) is 13.2 Å². The van der Waals surface area contributed by atoms with E-state index < -0.39 is 18.1 Å². The fourth-order valence-corrected chi connectivity index (χ4v) is 4.66. The largest absolute Gasteiger partial charge is 0.481 e. The van der Waals surface area contributed by atoms with Gasteiger partial charge in [-0.15, -0.1) is 0 Å². The van der Waals surface area contributed by atoms with Crippen LogP contribution in [0.25, 0.3) is 11.1 Å². The topological polar surface area (TPSA) is 95.9 Å². The van der Waals surface area contributed by atoms with Crippen molar-refractivity contribution >= 4 is 18.0 Å². The second kappa shape index (κ2) is 10.3. The highest BCUT2D eigenvalue weighted by Crippen LogP contribution is 2.44. The Morgan fingerprint density at radius 1 is 1.03 bits per heavy atom. The van der Waals surface area contributed by atoms with Crippen LogP contribution in [-0.2, 0) is 14.3 Å². The second-order valence-corrected chi connectivity index (χ2v) is 9.49. The van der Waals surface area contributed by atoms with Gasteiger partial charge in [0, 0.05) is 31.0 Å². The standard InChI is InChI=1S/C27H32N2O5/c1-17(2)24(15-25(30)29(18-11-12-18)14-13-26(31)32)28-27(33)34-16-23-21-9-5-3-7-19(21)20-8-4-6-10-22(20)23/h3-10,17-18,23-24H,11-16H2,1-2H3,(H,28,33)(H,31,32). The third kappa shape index (κ3) is 5.41. The van der Waals surface area contributed by atoms with E-state index in [9.17, 15) is 14.4 Å². The summed E-state index contributed by atoms with van der Waals surface area (Å²) in [5.41, 5.74) is 4.62. The summed E-state index contributed by atoms with van der Waals surface area (Å²) in [7, 11) is 0. The van der Waals surface area contributed by atoms with Gasteiger partial charge in [0.05, 0.1) is 6.42 Å². The number of benzene rings is 2. The molecule has 0 spiro atoms. The molecule has 2 aliphatic rings. The molecule has 0 radical (unpaired) electrons. The van der Waals surface area contributed by atoms with Crippen LogP contribution in [0.4, 0.5) is 4.79 Å². The minimum Gasteiger partial charge on any atom is -0.481 e. The number of fused-ring (bicyclic) bond motifs is 3. The average molecular weight is 465 g/mol. The maximum Gasteiger partial charge on any atom is 0.407 e. The molecule has 2 aliphatic carbocycles. The zero-order valence-electron chi connectivity index (χ0n) is 19.7. The van der Waals surface area contributed by atoms with E-state index in [2.05, 4.69) is 29.6 Å². The molecule has 7 heteroatoms. The first-order chi connectivity index (χ1) is 16.3. The third-order valence-corrected chi connectivity index (χ3v) is 6.72. The predicted octanol–water partition coefficient (Wildman–Crippen LogP) is 4.41. The van der Waals surface area contributed by atoms with E-state index in [1.807, 2.05) is 38.1 Å². The summed E-state index contributed by atoms with van der Waals surface area (Å²) in [5.74, 6) is -1.05. The van der Waals surface area contributed by atoms with Crippen LogP contribution < -0.4 is 5.32 Å². The summed E-state index contributed by atoms with van der Waals surface area (Å²) in [6.45, 7) is 4.31. The molecule has 0 aliphatic heterocycles. The van der Waals surface area contributed by atoms with Crippen molar-refractivity contribution in [3.63, 3.8) is 0 Å². The lowest BCUT2D eigenvalue weighted by atomic mass is 9.98. The lowest BCUT2D eigenvalue weighted by Crippen LogP contribution is -2.44. The number of carboxylic acid groups (broad SMARTS) is 1. The average Bonchev–Trinajstić information content (AvgIpc) is 3.59. The highest BCUT2D eigenvalue weighted by molar-refractivity contribution is 5.80. The highest BCUT2D eigenvalue weighted by Gasteiger charge is 2.34. The van der Waals surface area contributed by atoms with E-state index in [1.165, 1.54) is 11.1 Å². The van der Waals surface area contributed by atoms with Crippen molar-refractivity contribution in [3.05, 3.63) is 59.7 Å². The number of nitrogens with zero attached hydrogens (tertiary/aromatic N) is 1. The first kappa shape index (κ1) is 23.8. The number of rotatable bonds is 10. The summed E-state index contributed by atoms with van der Waals surface area (Å²) in [5, 5.41) is 11.9. The summed E-state index contributed by atoms with van der Waals surface area (Å²) in [4.78, 5) is 38.3. The number of nitrogens with one attached hydrogen (secondary N) is 1. The molecule has 0 saturated heterocycles. The van der Waals surface area contributed by atoms with Gasteiger partial charge in [0.25, 0.3) is 0 Å². The quantitative estimate of drug-likeness (QED) is 0.543. The second-order valence-electron chi connectivity index (χ2n) is 9.49. The molecular weight excluding hydrogens is 432 g/mol. The molecule has 180 valence electrons. The van der Waals surface area contributed by atoms with Crippen LogP contribution in [0.2, 0.25) is 0 Å². The van der Waals surface area contributed by atoms with Crippen molar-refractivity contribution in [2.45, 2.75) is 57.5 Å². The molecular formula is C27H32N2O5. The minimum absolute atomic E-state index is 0.0185. The summed E-state index contributed by atoms with van der Waals surface area (Å²) >= 11 is 0. The highest BCUT2D eigenvalue weighted by atomic mass is 16.5. The molecule has 1 fully saturated rings. The van der Waals surface area contributed by atoms with Crippen molar-refractivity contribution in [2.24, 2.45) is 5.92 Å². The van der Waals surface area contributed by atoms with Crippen molar-refractivity contribution < 1.29 is 24.2 Å². The molecule has 7 nitrogen and oxygen atoms in total. The number of carboxylic acids is 1.